The Hall–Kier alpha value is -3.61. The van der Waals surface area contributed by atoms with Crippen LogP contribution in [0.15, 0.2) is 60.7 Å². The highest BCUT2D eigenvalue weighted by atomic mass is 16.2. The number of fused-ring (bicyclic) bond motifs is 1. The van der Waals surface area contributed by atoms with E-state index in [-0.39, 0.29) is 5.91 Å². The molecule has 2 N–H and O–H groups in total. The van der Waals surface area contributed by atoms with Gasteiger partial charge in [0.25, 0.3) is 5.91 Å². The second kappa shape index (κ2) is 9.47. The lowest BCUT2D eigenvalue weighted by Crippen LogP contribution is -2.54. The highest BCUT2D eigenvalue weighted by Crippen LogP contribution is 2.17. The van der Waals surface area contributed by atoms with Crippen molar-refractivity contribution in [3.05, 3.63) is 71.9 Å². The number of nitrogens with zero attached hydrogens (tertiary/aromatic N) is 2. The van der Waals surface area contributed by atoms with Gasteiger partial charge >= 0.3 is 11.8 Å². The van der Waals surface area contributed by atoms with Crippen molar-refractivity contribution in [3.8, 4) is 0 Å². The number of nitrogens with one attached hydrogen (secondary N) is 2. The zero-order valence-corrected chi connectivity index (χ0v) is 17.3. The zero-order valence-electron chi connectivity index (χ0n) is 17.3. The Balaban J connectivity index is 1.22. The third kappa shape index (κ3) is 4.94. The summed E-state index contributed by atoms with van der Waals surface area (Å²) in [6, 6.07) is 19.6. The van der Waals surface area contributed by atoms with Crippen LogP contribution in [0.1, 0.15) is 22.5 Å². The molecule has 0 unspecified atom stereocenters. The number of carbonyl (C=O) groups excluding carboxylic acids is 3. The van der Waals surface area contributed by atoms with Crippen molar-refractivity contribution < 1.29 is 14.4 Å². The van der Waals surface area contributed by atoms with Crippen LogP contribution in [0.5, 0.6) is 0 Å². The molecule has 1 fully saturated rings. The Labute approximate surface area is 181 Å². The molecule has 1 saturated heterocycles. The summed E-state index contributed by atoms with van der Waals surface area (Å²) in [7, 11) is 0. The quantitative estimate of drug-likeness (QED) is 0.492. The van der Waals surface area contributed by atoms with Crippen molar-refractivity contribution in [2.24, 2.45) is 0 Å². The molecule has 1 aromatic heterocycles. The molecule has 7 heteroatoms. The van der Waals surface area contributed by atoms with Gasteiger partial charge in [-0.2, -0.15) is 0 Å². The van der Waals surface area contributed by atoms with E-state index in [4.69, 9.17) is 0 Å². The van der Waals surface area contributed by atoms with Crippen molar-refractivity contribution in [2.45, 2.75) is 12.8 Å². The predicted molar refractivity (Wildman–Crippen MR) is 119 cm³/mol. The van der Waals surface area contributed by atoms with Gasteiger partial charge in [0.2, 0.25) is 0 Å². The summed E-state index contributed by atoms with van der Waals surface area (Å²) < 4.78 is 0. The fourth-order valence-corrected chi connectivity index (χ4v) is 3.83. The number of benzene rings is 2. The number of piperazine rings is 1. The lowest BCUT2D eigenvalue weighted by molar-refractivity contribution is -0.146. The number of amides is 3. The van der Waals surface area contributed by atoms with Crippen LogP contribution in [0.2, 0.25) is 0 Å². The summed E-state index contributed by atoms with van der Waals surface area (Å²) in [5.74, 6) is -1.20. The largest absolute Gasteiger partial charge is 0.351 e. The maximum Gasteiger partial charge on any atom is 0.312 e. The van der Waals surface area contributed by atoms with E-state index < -0.39 is 11.8 Å². The Morgan fingerprint density at radius 3 is 2.29 bits per heavy atom. The van der Waals surface area contributed by atoms with Gasteiger partial charge < -0.3 is 20.1 Å². The van der Waals surface area contributed by atoms with E-state index in [9.17, 15) is 14.4 Å². The topological polar surface area (TPSA) is 85.5 Å². The second-order valence-electron chi connectivity index (χ2n) is 7.70. The summed E-state index contributed by atoms with van der Waals surface area (Å²) in [6.07, 6.45) is 1.62. The summed E-state index contributed by atoms with van der Waals surface area (Å²) in [4.78, 5) is 43.8. The molecule has 0 radical (unpaired) electrons. The van der Waals surface area contributed by atoms with Crippen LogP contribution in [0, 0.1) is 0 Å². The highest BCUT2D eigenvalue weighted by molar-refractivity contribution is 6.35. The first-order valence-electron chi connectivity index (χ1n) is 10.6. The number of para-hydroxylation sites is 1. The van der Waals surface area contributed by atoms with Crippen LogP contribution in [0.4, 0.5) is 0 Å². The van der Waals surface area contributed by atoms with Crippen molar-refractivity contribution in [1.29, 1.82) is 0 Å². The number of aryl methyl sites for hydroxylation is 1. The summed E-state index contributed by atoms with van der Waals surface area (Å²) in [5, 5.41) is 3.70. The van der Waals surface area contributed by atoms with Crippen LogP contribution < -0.4 is 5.32 Å². The van der Waals surface area contributed by atoms with Crippen LogP contribution in [-0.2, 0) is 16.0 Å². The van der Waals surface area contributed by atoms with Gasteiger partial charge in [-0.1, -0.05) is 48.5 Å². The van der Waals surface area contributed by atoms with Crippen LogP contribution in [-0.4, -0.2) is 65.2 Å². The normalized spacial score (nSPS) is 13.9. The number of H-pyrrole nitrogens is 1. The molecule has 1 aliphatic rings. The Bertz CT molecular complexity index is 1040. The summed E-state index contributed by atoms with van der Waals surface area (Å²) in [5.41, 5.74) is 2.67. The number of aromatic nitrogens is 1. The standard InChI is InChI=1S/C24H26N4O3/c29-22(25-12-6-9-18-7-2-1-3-8-18)24(31)28-15-13-27(14-16-28)23(30)21-17-19-10-4-5-11-20(19)26-21/h1-5,7-8,10-11,17,26H,6,9,12-16H2,(H,25,29). The number of hydrogen-bond acceptors (Lipinski definition) is 3. The van der Waals surface area contributed by atoms with E-state index in [2.05, 4.69) is 10.3 Å². The molecular formula is C24H26N4O3. The minimum Gasteiger partial charge on any atom is -0.351 e. The summed E-state index contributed by atoms with van der Waals surface area (Å²) >= 11 is 0. The first kappa shape index (κ1) is 20.7. The van der Waals surface area contributed by atoms with Crippen LogP contribution in [0.25, 0.3) is 10.9 Å². The van der Waals surface area contributed by atoms with E-state index in [1.165, 1.54) is 10.5 Å². The summed E-state index contributed by atoms with van der Waals surface area (Å²) in [6.45, 7) is 1.96. The third-order valence-electron chi connectivity index (χ3n) is 5.58. The van der Waals surface area contributed by atoms with E-state index in [1.807, 2.05) is 60.7 Å². The van der Waals surface area contributed by atoms with Crippen molar-refractivity contribution in [2.75, 3.05) is 32.7 Å². The molecule has 3 amide bonds. The minimum atomic E-state index is -0.580. The number of hydrogen-bond donors (Lipinski definition) is 2. The molecule has 2 aromatic carbocycles. The molecule has 0 spiro atoms. The molecular weight excluding hydrogens is 392 g/mol. The molecule has 4 rings (SSSR count). The molecule has 2 heterocycles. The minimum absolute atomic E-state index is 0.0892. The maximum atomic E-state index is 12.8. The van der Waals surface area contributed by atoms with Gasteiger partial charge in [0.15, 0.2) is 0 Å². The molecule has 0 bridgehead atoms. The predicted octanol–water partition coefficient (Wildman–Crippen LogP) is 2.20. The van der Waals surface area contributed by atoms with E-state index >= 15 is 0 Å². The van der Waals surface area contributed by atoms with Crippen molar-refractivity contribution in [1.82, 2.24) is 20.1 Å². The number of rotatable bonds is 5. The highest BCUT2D eigenvalue weighted by Gasteiger charge is 2.28. The van der Waals surface area contributed by atoms with Crippen molar-refractivity contribution in [3.63, 3.8) is 0 Å². The average Bonchev–Trinajstić information content (AvgIpc) is 3.26. The molecule has 0 atom stereocenters. The van der Waals surface area contributed by atoms with Crippen LogP contribution in [0.3, 0.4) is 0 Å². The van der Waals surface area contributed by atoms with Crippen LogP contribution >= 0.6 is 0 Å². The fraction of sp³-hybridized carbons (Fsp3) is 0.292. The smallest absolute Gasteiger partial charge is 0.312 e. The molecule has 0 saturated carbocycles. The third-order valence-corrected chi connectivity index (χ3v) is 5.58. The first-order valence-corrected chi connectivity index (χ1v) is 10.6. The van der Waals surface area contributed by atoms with Gasteiger partial charge in [-0.25, -0.2) is 0 Å². The second-order valence-corrected chi connectivity index (χ2v) is 7.70. The zero-order chi connectivity index (χ0) is 21.6. The molecule has 3 aromatic rings. The van der Waals surface area contributed by atoms with Gasteiger partial charge in [0.1, 0.15) is 5.69 Å². The number of carbonyl (C=O) groups is 3. The maximum absolute atomic E-state index is 12.8. The van der Waals surface area contributed by atoms with Crippen molar-refractivity contribution >= 4 is 28.6 Å². The Morgan fingerprint density at radius 1 is 0.871 bits per heavy atom. The van der Waals surface area contributed by atoms with Gasteiger partial charge in [-0.3, -0.25) is 14.4 Å². The first-order chi connectivity index (χ1) is 15.1. The van der Waals surface area contributed by atoms with E-state index in [0.717, 1.165) is 23.7 Å². The molecule has 1 aliphatic heterocycles. The molecule has 7 nitrogen and oxygen atoms in total. The van der Waals surface area contributed by atoms with E-state index in [0.29, 0.717) is 38.4 Å². The lowest BCUT2D eigenvalue weighted by Gasteiger charge is -2.34. The Kier molecular flexibility index (Phi) is 6.31. The monoisotopic (exact) mass is 418 g/mol. The number of aromatic amines is 1. The fourth-order valence-electron chi connectivity index (χ4n) is 3.83. The lowest BCUT2D eigenvalue weighted by atomic mass is 10.1. The Morgan fingerprint density at radius 2 is 1.55 bits per heavy atom. The van der Waals surface area contributed by atoms with E-state index in [1.54, 1.807) is 4.90 Å². The van der Waals surface area contributed by atoms with Gasteiger partial charge in [-0.05, 0) is 30.5 Å². The molecule has 160 valence electrons. The van der Waals surface area contributed by atoms with Gasteiger partial charge in [-0.15, -0.1) is 0 Å². The molecule has 31 heavy (non-hydrogen) atoms. The molecule has 0 aliphatic carbocycles. The average molecular weight is 418 g/mol. The SMILES string of the molecule is O=C(NCCCc1ccccc1)C(=O)N1CCN(C(=O)c2cc3ccccc3[nH]2)CC1. The van der Waals surface area contributed by atoms with Gasteiger partial charge in [0, 0.05) is 43.6 Å². The van der Waals surface area contributed by atoms with Gasteiger partial charge in [0.05, 0.1) is 0 Å².